The van der Waals surface area contributed by atoms with Gasteiger partial charge in [-0.25, -0.2) is 0 Å². The Bertz CT molecular complexity index is 437. The molecule has 92 valence electrons. The van der Waals surface area contributed by atoms with E-state index in [2.05, 4.69) is 6.92 Å². The molecule has 0 spiro atoms. The van der Waals surface area contributed by atoms with Gasteiger partial charge in [0, 0.05) is 12.8 Å². The Balaban J connectivity index is 2.32. The third kappa shape index (κ3) is 2.34. The molecule has 0 aliphatic carbocycles. The summed E-state index contributed by atoms with van der Waals surface area (Å²) in [5.74, 6) is 1.17. The minimum absolute atomic E-state index is 0.0825. The second-order valence-electron chi connectivity index (χ2n) is 4.46. The normalized spacial score (nSPS) is 20.4. The lowest BCUT2D eigenvalue weighted by Gasteiger charge is -2.24. The van der Waals surface area contributed by atoms with Crippen LogP contribution in [0.1, 0.15) is 35.6 Å². The van der Waals surface area contributed by atoms with Crippen LogP contribution in [0.15, 0.2) is 12.1 Å². The van der Waals surface area contributed by atoms with Gasteiger partial charge in [-0.05, 0) is 36.6 Å². The molecular weight excluding hydrogens is 216 g/mol. The van der Waals surface area contributed by atoms with E-state index in [9.17, 15) is 4.79 Å². The van der Waals surface area contributed by atoms with Crippen molar-refractivity contribution in [1.29, 1.82) is 0 Å². The molecule has 1 aromatic carbocycles. The highest BCUT2D eigenvalue weighted by atomic mass is 16.5. The lowest BCUT2D eigenvalue weighted by Crippen LogP contribution is -2.20. The molecule has 1 fully saturated rings. The van der Waals surface area contributed by atoms with Crippen molar-refractivity contribution in [1.82, 2.24) is 0 Å². The van der Waals surface area contributed by atoms with Crippen LogP contribution in [0.4, 0.5) is 0 Å². The Morgan fingerprint density at radius 1 is 1.29 bits per heavy atom. The fraction of sp³-hybridized carbons (Fsp3) is 0.500. The molecule has 0 aromatic heterocycles. The number of carbonyl (C=O) groups excluding carboxylic acids is 1. The van der Waals surface area contributed by atoms with Crippen LogP contribution >= 0.6 is 0 Å². The van der Waals surface area contributed by atoms with Gasteiger partial charge in [0.1, 0.15) is 11.5 Å². The lowest BCUT2D eigenvalue weighted by atomic mass is 9.94. The van der Waals surface area contributed by atoms with Crippen LogP contribution in [0.3, 0.4) is 0 Å². The second kappa shape index (κ2) is 4.88. The van der Waals surface area contributed by atoms with Gasteiger partial charge in [0.25, 0.3) is 0 Å². The van der Waals surface area contributed by atoms with E-state index in [1.807, 2.05) is 19.1 Å². The molecule has 1 heterocycles. The zero-order valence-corrected chi connectivity index (χ0v) is 10.6. The van der Waals surface area contributed by atoms with Crippen LogP contribution in [0.2, 0.25) is 0 Å². The summed E-state index contributed by atoms with van der Waals surface area (Å²) in [6.07, 6.45) is 0.956. The Hall–Kier alpha value is -1.35. The molecule has 2 rings (SSSR count). The van der Waals surface area contributed by atoms with Crippen molar-refractivity contribution < 1.29 is 14.3 Å². The van der Waals surface area contributed by atoms with Crippen LogP contribution in [-0.2, 0) is 9.53 Å². The highest BCUT2D eigenvalue weighted by Crippen LogP contribution is 2.33. The van der Waals surface area contributed by atoms with E-state index >= 15 is 0 Å². The third-order valence-electron chi connectivity index (χ3n) is 3.46. The van der Waals surface area contributed by atoms with Crippen LogP contribution in [-0.4, -0.2) is 19.5 Å². The number of methoxy groups -OCH3 is 1. The van der Waals surface area contributed by atoms with Crippen molar-refractivity contribution in [3.05, 3.63) is 28.8 Å². The first-order valence-electron chi connectivity index (χ1n) is 5.91. The maximum absolute atomic E-state index is 11.5. The summed E-state index contributed by atoms with van der Waals surface area (Å²) < 4.78 is 11.0. The molecule has 1 aliphatic heterocycles. The van der Waals surface area contributed by atoms with Gasteiger partial charge in [0.2, 0.25) is 0 Å². The minimum atomic E-state index is -0.0825. The summed E-state index contributed by atoms with van der Waals surface area (Å²) in [5, 5.41) is 0. The molecule has 3 heteroatoms. The molecule has 1 saturated heterocycles. The largest absolute Gasteiger partial charge is 0.496 e. The van der Waals surface area contributed by atoms with Gasteiger partial charge in [-0.3, -0.25) is 4.79 Å². The highest BCUT2D eigenvalue weighted by Gasteiger charge is 2.23. The SMILES string of the molecule is COc1ccc(C2CC(=O)CCO2)c(C)c1C. The molecule has 0 bridgehead atoms. The molecular formula is C14H18O3. The predicted octanol–water partition coefficient (Wildman–Crippen LogP) is 2.73. The summed E-state index contributed by atoms with van der Waals surface area (Å²) in [7, 11) is 1.67. The number of ether oxygens (including phenoxy) is 2. The van der Waals surface area contributed by atoms with Crippen molar-refractivity contribution in [2.24, 2.45) is 0 Å². The molecule has 0 saturated carbocycles. The first-order chi connectivity index (χ1) is 8.13. The Kier molecular flexibility index (Phi) is 3.48. The molecule has 0 N–H and O–H groups in total. The van der Waals surface area contributed by atoms with E-state index in [0.717, 1.165) is 22.4 Å². The van der Waals surface area contributed by atoms with E-state index in [1.165, 1.54) is 0 Å². The van der Waals surface area contributed by atoms with Gasteiger partial charge >= 0.3 is 0 Å². The van der Waals surface area contributed by atoms with Crippen molar-refractivity contribution in [2.75, 3.05) is 13.7 Å². The van der Waals surface area contributed by atoms with E-state index in [1.54, 1.807) is 7.11 Å². The number of hydrogen-bond donors (Lipinski definition) is 0. The summed E-state index contributed by atoms with van der Waals surface area (Å²) in [4.78, 5) is 11.5. The number of benzene rings is 1. The van der Waals surface area contributed by atoms with E-state index in [-0.39, 0.29) is 11.9 Å². The van der Waals surface area contributed by atoms with Gasteiger partial charge in [-0.1, -0.05) is 6.07 Å². The van der Waals surface area contributed by atoms with Gasteiger partial charge in [-0.15, -0.1) is 0 Å². The molecule has 0 amide bonds. The molecule has 1 atom stereocenters. The van der Waals surface area contributed by atoms with Crippen molar-refractivity contribution >= 4 is 5.78 Å². The molecule has 1 aliphatic rings. The quantitative estimate of drug-likeness (QED) is 0.789. The van der Waals surface area contributed by atoms with E-state index in [4.69, 9.17) is 9.47 Å². The zero-order chi connectivity index (χ0) is 12.4. The Morgan fingerprint density at radius 3 is 2.71 bits per heavy atom. The summed E-state index contributed by atoms with van der Waals surface area (Å²) >= 11 is 0. The van der Waals surface area contributed by atoms with Crippen LogP contribution in [0.25, 0.3) is 0 Å². The van der Waals surface area contributed by atoms with Crippen LogP contribution < -0.4 is 4.74 Å². The zero-order valence-electron chi connectivity index (χ0n) is 10.6. The van der Waals surface area contributed by atoms with Crippen molar-refractivity contribution in [2.45, 2.75) is 32.8 Å². The number of rotatable bonds is 2. The second-order valence-corrected chi connectivity index (χ2v) is 4.46. The molecule has 3 nitrogen and oxygen atoms in total. The lowest BCUT2D eigenvalue weighted by molar-refractivity contribution is -0.128. The topological polar surface area (TPSA) is 35.5 Å². The Morgan fingerprint density at radius 2 is 2.06 bits per heavy atom. The number of Topliss-reactive ketones (excluding diaryl/α,β-unsaturated/α-hetero) is 1. The smallest absolute Gasteiger partial charge is 0.138 e. The number of ketones is 1. The van der Waals surface area contributed by atoms with Crippen molar-refractivity contribution in [3.63, 3.8) is 0 Å². The molecule has 0 radical (unpaired) electrons. The summed E-state index contributed by atoms with van der Waals surface area (Å²) in [5.41, 5.74) is 3.38. The maximum atomic E-state index is 11.5. The average Bonchev–Trinajstić information content (AvgIpc) is 2.32. The predicted molar refractivity (Wildman–Crippen MR) is 65.4 cm³/mol. The van der Waals surface area contributed by atoms with Gasteiger partial charge in [-0.2, -0.15) is 0 Å². The minimum Gasteiger partial charge on any atom is -0.496 e. The number of carbonyl (C=O) groups is 1. The molecule has 1 unspecified atom stereocenters. The summed E-state index contributed by atoms with van der Waals surface area (Å²) in [6.45, 7) is 4.62. The fourth-order valence-corrected chi connectivity index (χ4v) is 2.27. The van der Waals surface area contributed by atoms with E-state index < -0.39 is 0 Å². The maximum Gasteiger partial charge on any atom is 0.138 e. The standard InChI is InChI=1S/C14H18O3/c1-9-10(2)13(16-3)5-4-12(9)14-8-11(15)6-7-17-14/h4-5,14H,6-8H2,1-3H3. The molecule has 1 aromatic rings. The molecule has 17 heavy (non-hydrogen) atoms. The summed E-state index contributed by atoms with van der Waals surface area (Å²) in [6, 6.07) is 3.95. The van der Waals surface area contributed by atoms with Gasteiger partial charge in [0.05, 0.1) is 19.8 Å². The highest BCUT2D eigenvalue weighted by molar-refractivity contribution is 5.79. The van der Waals surface area contributed by atoms with Crippen molar-refractivity contribution in [3.8, 4) is 5.75 Å². The van der Waals surface area contributed by atoms with Gasteiger partial charge in [0.15, 0.2) is 0 Å². The monoisotopic (exact) mass is 234 g/mol. The first kappa shape index (κ1) is 12.1. The fourth-order valence-electron chi connectivity index (χ4n) is 2.27. The van der Waals surface area contributed by atoms with Gasteiger partial charge < -0.3 is 9.47 Å². The van der Waals surface area contributed by atoms with Crippen LogP contribution in [0.5, 0.6) is 5.75 Å². The number of hydrogen-bond acceptors (Lipinski definition) is 3. The third-order valence-corrected chi connectivity index (χ3v) is 3.46. The Labute approximate surface area is 102 Å². The average molecular weight is 234 g/mol. The van der Waals surface area contributed by atoms with Crippen LogP contribution in [0, 0.1) is 13.8 Å². The van der Waals surface area contributed by atoms with E-state index in [0.29, 0.717) is 19.4 Å². The first-order valence-corrected chi connectivity index (χ1v) is 5.91.